The summed E-state index contributed by atoms with van der Waals surface area (Å²) < 4.78 is 1.86. The van der Waals surface area contributed by atoms with Gasteiger partial charge in [-0.15, -0.1) is 0 Å². The predicted molar refractivity (Wildman–Crippen MR) is 74.7 cm³/mol. The van der Waals surface area contributed by atoms with E-state index in [-0.39, 0.29) is 0 Å². The van der Waals surface area contributed by atoms with Crippen LogP contribution in [0, 0.1) is 11.8 Å². The maximum absolute atomic E-state index is 6.00. The Kier molecular flexibility index (Phi) is 4.27. The molecule has 18 heavy (non-hydrogen) atoms. The van der Waals surface area contributed by atoms with Gasteiger partial charge in [-0.25, -0.2) is 0 Å². The Morgan fingerprint density at radius 3 is 2.89 bits per heavy atom. The standard InChI is InChI=1S/C14H14ClN3/c1-2-18-11-9-14(17-18)16-10-5-7-12-6-3-4-8-13(12)15/h3-4,6,8-9,11H,2,10H2,1H3,(H,16,17). The Labute approximate surface area is 112 Å². The quantitative estimate of drug-likeness (QED) is 0.859. The molecule has 0 bridgehead atoms. The first kappa shape index (κ1) is 12.5. The second-order valence-electron chi connectivity index (χ2n) is 3.69. The monoisotopic (exact) mass is 259 g/mol. The fourth-order valence-corrected chi connectivity index (χ4v) is 1.65. The highest BCUT2D eigenvalue weighted by molar-refractivity contribution is 6.31. The molecule has 0 spiro atoms. The van der Waals surface area contributed by atoms with Crippen LogP contribution >= 0.6 is 11.6 Å². The summed E-state index contributed by atoms with van der Waals surface area (Å²) in [7, 11) is 0. The van der Waals surface area contributed by atoms with Crippen LogP contribution in [0.4, 0.5) is 5.82 Å². The number of aromatic nitrogens is 2. The maximum atomic E-state index is 6.00. The fraction of sp³-hybridized carbons (Fsp3) is 0.214. The van der Waals surface area contributed by atoms with Gasteiger partial charge in [-0.1, -0.05) is 35.6 Å². The van der Waals surface area contributed by atoms with Gasteiger partial charge < -0.3 is 5.32 Å². The first-order chi connectivity index (χ1) is 8.79. The van der Waals surface area contributed by atoms with Crippen molar-refractivity contribution in [2.24, 2.45) is 0 Å². The van der Waals surface area contributed by atoms with Gasteiger partial charge in [0, 0.05) is 24.4 Å². The molecule has 1 aromatic heterocycles. The number of benzene rings is 1. The van der Waals surface area contributed by atoms with Gasteiger partial charge in [-0.05, 0) is 19.1 Å². The maximum Gasteiger partial charge on any atom is 0.148 e. The molecular formula is C14H14ClN3. The number of rotatable bonds is 3. The Morgan fingerprint density at radius 2 is 2.17 bits per heavy atom. The van der Waals surface area contributed by atoms with Crippen LogP contribution in [0.25, 0.3) is 0 Å². The first-order valence-corrected chi connectivity index (χ1v) is 6.18. The van der Waals surface area contributed by atoms with Crippen LogP contribution in [0.3, 0.4) is 0 Å². The van der Waals surface area contributed by atoms with Crippen LogP contribution in [0.15, 0.2) is 36.5 Å². The van der Waals surface area contributed by atoms with Gasteiger partial charge in [0.25, 0.3) is 0 Å². The largest absolute Gasteiger partial charge is 0.358 e. The second-order valence-corrected chi connectivity index (χ2v) is 4.10. The zero-order valence-electron chi connectivity index (χ0n) is 10.2. The van der Waals surface area contributed by atoms with Gasteiger partial charge in [0.05, 0.1) is 11.6 Å². The number of hydrogen-bond donors (Lipinski definition) is 1. The summed E-state index contributed by atoms with van der Waals surface area (Å²) in [6.07, 6.45) is 1.93. The lowest BCUT2D eigenvalue weighted by atomic mass is 10.2. The van der Waals surface area contributed by atoms with E-state index in [1.54, 1.807) is 0 Å². The normalized spacial score (nSPS) is 9.67. The minimum atomic E-state index is 0.548. The number of nitrogens with one attached hydrogen (secondary N) is 1. The van der Waals surface area contributed by atoms with Gasteiger partial charge in [0.15, 0.2) is 0 Å². The number of halogens is 1. The average molecular weight is 260 g/mol. The van der Waals surface area contributed by atoms with E-state index >= 15 is 0 Å². The summed E-state index contributed by atoms with van der Waals surface area (Å²) in [5.41, 5.74) is 0.847. The van der Waals surface area contributed by atoms with Crippen LogP contribution < -0.4 is 5.32 Å². The summed E-state index contributed by atoms with van der Waals surface area (Å²) in [6, 6.07) is 9.49. The number of hydrogen-bond acceptors (Lipinski definition) is 2. The molecule has 3 nitrogen and oxygen atoms in total. The SMILES string of the molecule is CCn1ccc(NCC#Cc2ccccc2Cl)n1. The lowest BCUT2D eigenvalue weighted by Crippen LogP contribution is -2.01. The molecule has 4 heteroatoms. The number of nitrogens with zero attached hydrogens (tertiary/aromatic N) is 2. The van der Waals surface area contributed by atoms with E-state index in [4.69, 9.17) is 11.6 Å². The second kappa shape index (κ2) is 6.13. The van der Waals surface area contributed by atoms with E-state index in [1.807, 2.05) is 48.1 Å². The van der Waals surface area contributed by atoms with Crippen LogP contribution in [-0.2, 0) is 6.54 Å². The molecular weight excluding hydrogens is 246 g/mol. The van der Waals surface area contributed by atoms with Crippen LogP contribution in [0.5, 0.6) is 0 Å². The molecule has 0 amide bonds. The molecule has 0 aliphatic carbocycles. The summed E-state index contributed by atoms with van der Waals surface area (Å²) in [5.74, 6) is 6.89. The van der Waals surface area contributed by atoms with Crippen molar-refractivity contribution in [3.05, 3.63) is 47.1 Å². The molecule has 0 unspecified atom stereocenters. The minimum Gasteiger partial charge on any atom is -0.358 e. The lowest BCUT2D eigenvalue weighted by molar-refractivity contribution is 0.662. The number of anilines is 1. The van der Waals surface area contributed by atoms with Crippen LogP contribution in [0.2, 0.25) is 5.02 Å². The molecule has 0 saturated carbocycles. The van der Waals surface area contributed by atoms with Crippen molar-refractivity contribution < 1.29 is 0 Å². The molecule has 0 saturated heterocycles. The molecule has 2 aromatic rings. The van der Waals surface area contributed by atoms with E-state index in [0.29, 0.717) is 11.6 Å². The van der Waals surface area contributed by atoms with E-state index in [1.165, 1.54) is 0 Å². The summed E-state index contributed by atoms with van der Waals surface area (Å²) >= 11 is 6.00. The molecule has 0 atom stereocenters. The van der Waals surface area contributed by atoms with Crippen molar-refractivity contribution in [2.75, 3.05) is 11.9 Å². The summed E-state index contributed by atoms with van der Waals surface area (Å²) in [5, 5.41) is 8.12. The third-order valence-electron chi connectivity index (χ3n) is 2.42. The highest BCUT2D eigenvalue weighted by Crippen LogP contribution is 2.12. The zero-order valence-corrected chi connectivity index (χ0v) is 10.9. The van der Waals surface area contributed by atoms with Crippen molar-refractivity contribution in [3.63, 3.8) is 0 Å². The van der Waals surface area contributed by atoms with Gasteiger partial charge in [0.2, 0.25) is 0 Å². The van der Waals surface area contributed by atoms with Crippen molar-refractivity contribution >= 4 is 17.4 Å². The lowest BCUT2D eigenvalue weighted by Gasteiger charge is -1.96. The fourth-order valence-electron chi connectivity index (χ4n) is 1.47. The first-order valence-electron chi connectivity index (χ1n) is 5.80. The molecule has 1 N–H and O–H groups in total. The Balaban J connectivity index is 1.91. The molecule has 0 aliphatic heterocycles. The third kappa shape index (κ3) is 3.28. The van der Waals surface area contributed by atoms with Crippen molar-refractivity contribution in [1.82, 2.24) is 9.78 Å². The minimum absolute atomic E-state index is 0.548. The molecule has 1 heterocycles. The predicted octanol–water partition coefficient (Wildman–Crippen LogP) is 3.02. The van der Waals surface area contributed by atoms with E-state index in [2.05, 4.69) is 22.3 Å². The smallest absolute Gasteiger partial charge is 0.148 e. The molecule has 0 radical (unpaired) electrons. The molecule has 92 valence electrons. The van der Waals surface area contributed by atoms with Gasteiger partial charge in [-0.3, -0.25) is 4.68 Å². The zero-order chi connectivity index (χ0) is 12.8. The molecule has 0 fully saturated rings. The van der Waals surface area contributed by atoms with Crippen LogP contribution in [0.1, 0.15) is 12.5 Å². The van der Waals surface area contributed by atoms with Crippen molar-refractivity contribution in [1.29, 1.82) is 0 Å². The van der Waals surface area contributed by atoms with E-state index in [0.717, 1.165) is 17.9 Å². The average Bonchev–Trinajstić information content (AvgIpc) is 2.84. The topological polar surface area (TPSA) is 29.9 Å². The summed E-state index contributed by atoms with van der Waals surface area (Å²) in [6.45, 7) is 3.47. The van der Waals surface area contributed by atoms with E-state index in [9.17, 15) is 0 Å². The van der Waals surface area contributed by atoms with E-state index < -0.39 is 0 Å². The van der Waals surface area contributed by atoms with Gasteiger partial charge in [-0.2, -0.15) is 5.10 Å². The number of aryl methyl sites for hydroxylation is 1. The van der Waals surface area contributed by atoms with Gasteiger partial charge >= 0.3 is 0 Å². The van der Waals surface area contributed by atoms with Crippen molar-refractivity contribution in [3.8, 4) is 11.8 Å². The molecule has 0 aliphatic rings. The Bertz CT molecular complexity index is 578. The summed E-state index contributed by atoms with van der Waals surface area (Å²) in [4.78, 5) is 0. The van der Waals surface area contributed by atoms with Crippen molar-refractivity contribution in [2.45, 2.75) is 13.5 Å². The highest BCUT2D eigenvalue weighted by atomic mass is 35.5. The Morgan fingerprint density at radius 1 is 1.33 bits per heavy atom. The Hall–Kier alpha value is -1.92. The van der Waals surface area contributed by atoms with Crippen LogP contribution in [-0.4, -0.2) is 16.3 Å². The third-order valence-corrected chi connectivity index (χ3v) is 2.75. The van der Waals surface area contributed by atoms with Gasteiger partial charge in [0.1, 0.15) is 5.82 Å². The molecule has 1 aromatic carbocycles. The molecule has 2 rings (SSSR count). The highest BCUT2D eigenvalue weighted by Gasteiger charge is 1.95.